The average Bonchev–Trinajstić information content (AvgIpc) is 2.81. The Kier molecular flexibility index (Phi) is 5.01. The van der Waals surface area contributed by atoms with E-state index in [4.69, 9.17) is 9.47 Å². The van der Waals surface area contributed by atoms with Gasteiger partial charge in [-0.15, -0.1) is 0 Å². The second-order valence-corrected chi connectivity index (χ2v) is 5.68. The van der Waals surface area contributed by atoms with Crippen molar-refractivity contribution in [1.82, 2.24) is 4.57 Å². The van der Waals surface area contributed by atoms with Crippen molar-refractivity contribution in [2.45, 2.75) is 26.2 Å². The van der Waals surface area contributed by atoms with Gasteiger partial charge in [-0.3, -0.25) is 4.79 Å². The second kappa shape index (κ2) is 6.76. The summed E-state index contributed by atoms with van der Waals surface area (Å²) in [6.07, 6.45) is 2.34. The number of ether oxygens (including phenoxy) is 2. The number of thiazole rings is 1. The van der Waals surface area contributed by atoms with Crippen LogP contribution in [0.3, 0.4) is 0 Å². The quantitative estimate of drug-likeness (QED) is 0.853. The summed E-state index contributed by atoms with van der Waals surface area (Å²) in [6.45, 7) is 2.06. The smallest absolute Gasteiger partial charge is 0.248 e. The van der Waals surface area contributed by atoms with E-state index in [-0.39, 0.29) is 5.91 Å². The number of benzene rings is 1. The molecule has 0 aliphatic carbocycles. The number of unbranched alkanes of at least 4 members (excludes halogenated alkanes) is 1. The van der Waals surface area contributed by atoms with Gasteiger partial charge >= 0.3 is 0 Å². The lowest BCUT2D eigenvalue weighted by Crippen LogP contribution is -2.13. The minimum Gasteiger partial charge on any atom is -0.495 e. The fourth-order valence-electron chi connectivity index (χ4n) is 2.12. The summed E-state index contributed by atoms with van der Waals surface area (Å²) in [4.78, 5) is 16.8. The number of methoxy groups -OCH3 is 2. The maximum absolute atomic E-state index is 11.9. The third kappa shape index (κ3) is 3.10. The number of fused-ring (bicyclic) bond motifs is 1. The molecule has 21 heavy (non-hydrogen) atoms. The largest absolute Gasteiger partial charge is 0.495 e. The lowest BCUT2D eigenvalue weighted by atomic mass is 10.2. The summed E-state index contributed by atoms with van der Waals surface area (Å²) in [7, 11) is 5.14. The van der Waals surface area contributed by atoms with Gasteiger partial charge in [0.15, 0.2) is 4.80 Å². The molecule has 0 aliphatic rings. The zero-order valence-corrected chi connectivity index (χ0v) is 13.6. The van der Waals surface area contributed by atoms with Crippen LogP contribution in [0.2, 0.25) is 0 Å². The number of carbonyl (C=O) groups is 1. The molecule has 0 saturated heterocycles. The molecule has 0 bridgehead atoms. The van der Waals surface area contributed by atoms with Crippen LogP contribution in [-0.4, -0.2) is 24.7 Å². The third-order valence-corrected chi connectivity index (χ3v) is 4.42. The van der Waals surface area contributed by atoms with Crippen molar-refractivity contribution in [2.24, 2.45) is 12.0 Å². The number of amides is 1. The van der Waals surface area contributed by atoms with Gasteiger partial charge in [0.25, 0.3) is 0 Å². The van der Waals surface area contributed by atoms with Crippen molar-refractivity contribution >= 4 is 27.5 Å². The lowest BCUT2D eigenvalue weighted by Gasteiger charge is -2.06. The van der Waals surface area contributed by atoms with Gasteiger partial charge in [-0.25, -0.2) is 0 Å². The number of aromatic nitrogens is 1. The maximum Gasteiger partial charge on any atom is 0.248 e. The molecule has 2 rings (SSSR count). The molecular weight excluding hydrogens is 288 g/mol. The van der Waals surface area contributed by atoms with Crippen molar-refractivity contribution in [3.8, 4) is 11.5 Å². The van der Waals surface area contributed by atoms with E-state index in [0.717, 1.165) is 34.6 Å². The van der Waals surface area contributed by atoms with Crippen LogP contribution in [-0.2, 0) is 11.8 Å². The van der Waals surface area contributed by atoms with Crippen molar-refractivity contribution in [3.63, 3.8) is 0 Å². The minimum absolute atomic E-state index is 0.0862. The van der Waals surface area contributed by atoms with E-state index in [1.54, 1.807) is 14.2 Å². The van der Waals surface area contributed by atoms with Crippen LogP contribution in [0.5, 0.6) is 11.5 Å². The molecule has 1 aromatic heterocycles. The van der Waals surface area contributed by atoms with E-state index >= 15 is 0 Å². The van der Waals surface area contributed by atoms with E-state index in [1.807, 2.05) is 23.7 Å². The van der Waals surface area contributed by atoms with Crippen LogP contribution in [0, 0.1) is 0 Å². The highest BCUT2D eigenvalue weighted by atomic mass is 32.1. The highest BCUT2D eigenvalue weighted by Gasteiger charge is 2.14. The summed E-state index contributed by atoms with van der Waals surface area (Å²) in [5, 5.41) is 0. The summed E-state index contributed by atoms with van der Waals surface area (Å²) in [6, 6.07) is 3.72. The highest BCUT2D eigenvalue weighted by molar-refractivity contribution is 7.16. The first-order valence-corrected chi connectivity index (χ1v) is 7.72. The van der Waals surface area contributed by atoms with E-state index < -0.39 is 0 Å². The molecule has 0 spiro atoms. The molecule has 0 N–H and O–H groups in total. The molecule has 0 fully saturated rings. The predicted molar refractivity (Wildman–Crippen MR) is 84.0 cm³/mol. The fraction of sp³-hybridized carbons (Fsp3) is 0.467. The molecule has 5 nitrogen and oxygen atoms in total. The third-order valence-electron chi connectivity index (χ3n) is 3.28. The molecule has 114 valence electrons. The van der Waals surface area contributed by atoms with Crippen LogP contribution in [0.15, 0.2) is 17.1 Å². The Morgan fingerprint density at radius 2 is 1.95 bits per heavy atom. The normalized spacial score (nSPS) is 11.9. The molecule has 1 amide bonds. The van der Waals surface area contributed by atoms with Crippen LogP contribution >= 0.6 is 11.3 Å². The Hall–Kier alpha value is -1.82. The second-order valence-electron chi connectivity index (χ2n) is 4.70. The van der Waals surface area contributed by atoms with Gasteiger partial charge in [-0.1, -0.05) is 24.7 Å². The number of carbonyl (C=O) groups excluding carboxylic acids is 1. The van der Waals surface area contributed by atoms with Crippen LogP contribution < -0.4 is 14.3 Å². The highest BCUT2D eigenvalue weighted by Crippen LogP contribution is 2.34. The Morgan fingerprint density at radius 1 is 1.29 bits per heavy atom. The lowest BCUT2D eigenvalue weighted by molar-refractivity contribution is -0.118. The Balaban J connectivity index is 2.59. The summed E-state index contributed by atoms with van der Waals surface area (Å²) < 4.78 is 13.6. The molecule has 1 aromatic carbocycles. The number of nitrogens with zero attached hydrogens (tertiary/aromatic N) is 2. The SMILES string of the molecule is CCCCC(=O)N=c1sc2c(OC)ccc(OC)c2n1C. The first-order valence-electron chi connectivity index (χ1n) is 6.90. The molecule has 0 unspecified atom stereocenters. The average molecular weight is 308 g/mol. The molecule has 6 heteroatoms. The number of aryl methyl sites for hydroxylation is 1. The number of hydrogen-bond acceptors (Lipinski definition) is 4. The first-order chi connectivity index (χ1) is 10.1. The molecule has 1 heterocycles. The topological polar surface area (TPSA) is 52.8 Å². The maximum atomic E-state index is 11.9. The van der Waals surface area contributed by atoms with Gasteiger partial charge in [-0.05, 0) is 18.6 Å². The summed E-state index contributed by atoms with van der Waals surface area (Å²) in [5.74, 6) is 1.41. The van der Waals surface area contributed by atoms with E-state index in [2.05, 4.69) is 11.9 Å². The van der Waals surface area contributed by atoms with Crippen LogP contribution in [0.25, 0.3) is 10.2 Å². The zero-order valence-electron chi connectivity index (χ0n) is 12.8. The molecule has 0 atom stereocenters. The summed E-state index contributed by atoms with van der Waals surface area (Å²) >= 11 is 1.44. The van der Waals surface area contributed by atoms with Crippen LogP contribution in [0.4, 0.5) is 0 Å². The summed E-state index contributed by atoms with van der Waals surface area (Å²) in [5.41, 5.74) is 0.892. The van der Waals surface area contributed by atoms with Gasteiger partial charge in [-0.2, -0.15) is 4.99 Å². The first kappa shape index (κ1) is 15.6. The standard InChI is InChI=1S/C15H20N2O3S/c1-5-6-7-12(18)16-15-17(2)13-10(19-3)8-9-11(20-4)14(13)21-15/h8-9H,5-7H2,1-4H3. The van der Waals surface area contributed by atoms with Crippen molar-refractivity contribution in [2.75, 3.05) is 14.2 Å². The van der Waals surface area contributed by atoms with Crippen molar-refractivity contribution in [1.29, 1.82) is 0 Å². The minimum atomic E-state index is -0.0862. The van der Waals surface area contributed by atoms with E-state index in [1.165, 1.54) is 11.3 Å². The molecule has 0 saturated carbocycles. The molecule has 0 radical (unpaired) electrons. The van der Waals surface area contributed by atoms with Gasteiger partial charge in [0.1, 0.15) is 21.7 Å². The van der Waals surface area contributed by atoms with E-state index in [0.29, 0.717) is 11.2 Å². The van der Waals surface area contributed by atoms with E-state index in [9.17, 15) is 4.79 Å². The van der Waals surface area contributed by atoms with Gasteiger partial charge in [0, 0.05) is 13.5 Å². The van der Waals surface area contributed by atoms with Gasteiger partial charge < -0.3 is 14.0 Å². The molecule has 0 aliphatic heterocycles. The molecular formula is C15H20N2O3S. The molecule has 2 aromatic rings. The van der Waals surface area contributed by atoms with Gasteiger partial charge in [0.2, 0.25) is 5.91 Å². The van der Waals surface area contributed by atoms with Gasteiger partial charge in [0.05, 0.1) is 14.2 Å². The monoisotopic (exact) mass is 308 g/mol. The van der Waals surface area contributed by atoms with Crippen molar-refractivity contribution < 1.29 is 14.3 Å². The zero-order chi connectivity index (χ0) is 15.4. The van der Waals surface area contributed by atoms with Crippen LogP contribution in [0.1, 0.15) is 26.2 Å². The predicted octanol–water partition coefficient (Wildman–Crippen LogP) is 2.87. The fourth-order valence-corrected chi connectivity index (χ4v) is 3.26. The van der Waals surface area contributed by atoms with Crippen molar-refractivity contribution in [3.05, 3.63) is 16.9 Å². The Morgan fingerprint density at radius 3 is 2.57 bits per heavy atom. The number of rotatable bonds is 5. The Bertz CT molecular complexity index is 716. The number of hydrogen-bond donors (Lipinski definition) is 0. The Labute approximate surface area is 127 Å².